The molecule has 78 valence electrons. The van der Waals surface area contributed by atoms with Gasteiger partial charge in [0.2, 0.25) is 5.91 Å². The SMILES string of the molecule is CCCC1(Cl)C=C(Cl)C=CC1C(N)=O. The largest absolute Gasteiger partial charge is 0.369 e. The molecule has 0 saturated heterocycles. The number of hydrogen-bond donors (Lipinski definition) is 1. The van der Waals surface area contributed by atoms with Crippen molar-refractivity contribution in [3.8, 4) is 0 Å². The van der Waals surface area contributed by atoms with Crippen LogP contribution in [-0.2, 0) is 4.79 Å². The van der Waals surface area contributed by atoms with E-state index in [9.17, 15) is 4.79 Å². The molecule has 0 spiro atoms. The van der Waals surface area contributed by atoms with Crippen molar-refractivity contribution in [2.45, 2.75) is 24.6 Å². The van der Waals surface area contributed by atoms with Gasteiger partial charge >= 0.3 is 0 Å². The second-order valence-corrected chi connectivity index (χ2v) is 4.59. The number of hydrogen-bond acceptors (Lipinski definition) is 1. The van der Waals surface area contributed by atoms with E-state index in [4.69, 9.17) is 28.9 Å². The van der Waals surface area contributed by atoms with Crippen LogP contribution in [0.15, 0.2) is 23.3 Å². The zero-order valence-electron chi connectivity index (χ0n) is 7.97. The number of alkyl halides is 1. The van der Waals surface area contributed by atoms with Crippen LogP contribution >= 0.6 is 23.2 Å². The molecule has 0 aliphatic heterocycles. The maximum absolute atomic E-state index is 11.2. The minimum atomic E-state index is -0.744. The molecular formula is C10H13Cl2NO. The molecule has 0 radical (unpaired) electrons. The van der Waals surface area contributed by atoms with Crippen LogP contribution in [0.5, 0.6) is 0 Å². The van der Waals surface area contributed by atoms with Gasteiger partial charge in [0.1, 0.15) is 0 Å². The zero-order valence-corrected chi connectivity index (χ0v) is 9.48. The van der Waals surface area contributed by atoms with Gasteiger partial charge in [-0.25, -0.2) is 0 Å². The molecule has 2 atom stereocenters. The van der Waals surface area contributed by atoms with Crippen molar-refractivity contribution >= 4 is 29.1 Å². The van der Waals surface area contributed by atoms with E-state index in [0.717, 1.165) is 6.42 Å². The van der Waals surface area contributed by atoms with Crippen LogP contribution in [0.4, 0.5) is 0 Å². The third kappa shape index (κ3) is 2.31. The summed E-state index contributed by atoms with van der Waals surface area (Å²) in [4.78, 5) is 10.4. The minimum absolute atomic E-state index is 0.412. The molecule has 1 amide bonds. The first-order chi connectivity index (χ1) is 6.49. The Kier molecular flexibility index (Phi) is 3.62. The lowest BCUT2D eigenvalue weighted by molar-refractivity contribution is -0.121. The maximum Gasteiger partial charge on any atom is 0.226 e. The summed E-state index contributed by atoms with van der Waals surface area (Å²) in [7, 11) is 0. The highest BCUT2D eigenvalue weighted by molar-refractivity contribution is 6.34. The molecule has 0 aromatic carbocycles. The number of halogens is 2. The molecule has 2 unspecified atom stereocenters. The van der Waals surface area contributed by atoms with Gasteiger partial charge in [-0.15, -0.1) is 11.6 Å². The van der Waals surface area contributed by atoms with E-state index in [2.05, 4.69) is 0 Å². The summed E-state index contributed by atoms with van der Waals surface area (Å²) in [5, 5.41) is 0.561. The van der Waals surface area contributed by atoms with E-state index in [0.29, 0.717) is 11.5 Å². The summed E-state index contributed by atoms with van der Waals surface area (Å²) >= 11 is 12.2. The molecule has 0 saturated carbocycles. The topological polar surface area (TPSA) is 43.1 Å². The van der Waals surface area contributed by atoms with Gasteiger partial charge in [0.15, 0.2) is 0 Å². The predicted molar refractivity (Wildman–Crippen MR) is 59.3 cm³/mol. The fraction of sp³-hybridized carbons (Fsp3) is 0.500. The summed E-state index contributed by atoms with van der Waals surface area (Å²) in [5.74, 6) is -0.878. The number of primary amides is 1. The van der Waals surface area contributed by atoms with E-state index in [-0.39, 0.29) is 0 Å². The van der Waals surface area contributed by atoms with Crippen molar-refractivity contribution in [2.24, 2.45) is 11.7 Å². The Morgan fingerprint density at radius 3 is 2.86 bits per heavy atom. The van der Waals surface area contributed by atoms with Crippen LogP contribution in [0.2, 0.25) is 0 Å². The first-order valence-electron chi connectivity index (χ1n) is 4.54. The lowest BCUT2D eigenvalue weighted by Crippen LogP contribution is -2.39. The Hall–Kier alpha value is -0.470. The number of amides is 1. The summed E-state index contributed by atoms with van der Waals surface area (Å²) in [6.07, 6.45) is 6.60. The normalized spacial score (nSPS) is 31.4. The summed E-state index contributed by atoms with van der Waals surface area (Å²) in [6.45, 7) is 2.00. The van der Waals surface area contributed by atoms with Gasteiger partial charge in [0.25, 0.3) is 0 Å². The molecule has 1 aliphatic carbocycles. The van der Waals surface area contributed by atoms with Crippen LogP contribution in [0.25, 0.3) is 0 Å². The predicted octanol–water partition coefficient (Wildman–Crippen LogP) is 2.56. The maximum atomic E-state index is 11.2. The number of allylic oxidation sites excluding steroid dienone is 3. The molecule has 2 nitrogen and oxygen atoms in total. The Labute approximate surface area is 93.7 Å². The Morgan fingerprint density at radius 1 is 1.71 bits per heavy atom. The molecular weight excluding hydrogens is 221 g/mol. The van der Waals surface area contributed by atoms with Crippen LogP contribution in [0.3, 0.4) is 0 Å². The molecule has 0 aromatic rings. The van der Waals surface area contributed by atoms with Crippen LogP contribution in [0, 0.1) is 5.92 Å². The zero-order chi connectivity index (χ0) is 10.8. The summed E-state index contributed by atoms with van der Waals surface area (Å²) < 4.78 is 0. The van der Waals surface area contributed by atoms with Crippen molar-refractivity contribution < 1.29 is 4.79 Å². The molecule has 4 heteroatoms. The Bertz CT molecular complexity index is 298. The molecule has 2 N–H and O–H groups in total. The van der Waals surface area contributed by atoms with Gasteiger partial charge in [-0.2, -0.15) is 0 Å². The monoisotopic (exact) mass is 233 g/mol. The van der Waals surface area contributed by atoms with Crippen LogP contribution in [0.1, 0.15) is 19.8 Å². The molecule has 0 heterocycles. The van der Waals surface area contributed by atoms with Crippen molar-refractivity contribution in [2.75, 3.05) is 0 Å². The molecule has 0 bridgehead atoms. The Morgan fingerprint density at radius 2 is 2.36 bits per heavy atom. The highest BCUT2D eigenvalue weighted by atomic mass is 35.5. The van der Waals surface area contributed by atoms with Crippen LogP contribution < -0.4 is 5.73 Å². The molecule has 14 heavy (non-hydrogen) atoms. The minimum Gasteiger partial charge on any atom is -0.369 e. The first kappa shape index (κ1) is 11.6. The van der Waals surface area contributed by atoms with Crippen LogP contribution in [-0.4, -0.2) is 10.8 Å². The van der Waals surface area contributed by atoms with Gasteiger partial charge in [0.05, 0.1) is 10.8 Å². The van der Waals surface area contributed by atoms with Crippen molar-refractivity contribution in [1.29, 1.82) is 0 Å². The molecule has 1 rings (SSSR count). The lowest BCUT2D eigenvalue weighted by Gasteiger charge is -2.31. The summed E-state index contributed by atoms with van der Waals surface area (Å²) in [5.41, 5.74) is 5.27. The standard InChI is InChI=1S/C10H13Cl2NO/c1-2-5-10(12)6-7(11)3-4-8(10)9(13)14/h3-4,6,8H,2,5H2,1H3,(H2,13,14). The summed E-state index contributed by atoms with van der Waals surface area (Å²) in [6, 6.07) is 0. The van der Waals surface area contributed by atoms with Crippen molar-refractivity contribution in [3.05, 3.63) is 23.3 Å². The highest BCUT2D eigenvalue weighted by Crippen LogP contribution is 2.38. The number of carbonyl (C=O) groups is 1. The number of nitrogens with two attached hydrogens (primary N) is 1. The third-order valence-electron chi connectivity index (χ3n) is 2.28. The van der Waals surface area contributed by atoms with Gasteiger partial charge in [-0.05, 0) is 18.6 Å². The molecule has 1 aliphatic rings. The first-order valence-corrected chi connectivity index (χ1v) is 5.30. The van der Waals surface area contributed by atoms with Gasteiger partial charge in [-0.3, -0.25) is 4.79 Å². The second-order valence-electron chi connectivity index (χ2n) is 3.45. The van der Waals surface area contributed by atoms with Crippen molar-refractivity contribution in [3.63, 3.8) is 0 Å². The highest BCUT2D eigenvalue weighted by Gasteiger charge is 2.38. The van der Waals surface area contributed by atoms with Crippen molar-refractivity contribution in [1.82, 2.24) is 0 Å². The van der Waals surface area contributed by atoms with E-state index in [1.165, 1.54) is 0 Å². The Balaban J connectivity index is 2.97. The fourth-order valence-corrected chi connectivity index (χ4v) is 2.47. The van der Waals surface area contributed by atoms with E-state index in [1.807, 2.05) is 6.92 Å². The fourth-order valence-electron chi connectivity index (χ4n) is 1.66. The third-order valence-corrected chi connectivity index (χ3v) is 3.05. The smallest absolute Gasteiger partial charge is 0.226 e. The van der Waals surface area contributed by atoms with E-state index < -0.39 is 16.7 Å². The average molecular weight is 234 g/mol. The average Bonchev–Trinajstić information content (AvgIpc) is 2.02. The quantitative estimate of drug-likeness (QED) is 0.749. The van der Waals surface area contributed by atoms with Gasteiger partial charge in [0, 0.05) is 5.03 Å². The lowest BCUT2D eigenvalue weighted by atomic mass is 9.84. The van der Waals surface area contributed by atoms with E-state index >= 15 is 0 Å². The number of rotatable bonds is 3. The van der Waals surface area contributed by atoms with Gasteiger partial charge < -0.3 is 5.73 Å². The second kappa shape index (κ2) is 4.37. The van der Waals surface area contributed by atoms with E-state index in [1.54, 1.807) is 18.2 Å². The van der Waals surface area contributed by atoms with Gasteiger partial charge in [-0.1, -0.05) is 31.0 Å². The molecule has 0 aromatic heterocycles. The number of carbonyl (C=O) groups excluding carboxylic acids is 1. The molecule has 0 fully saturated rings.